The largest absolute Gasteiger partial charge is 0.435 e. The Morgan fingerprint density at radius 2 is 1.83 bits per heavy atom. The van der Waals surface area contributed by atoms with Gasteiger partial charge < -0.3 is 10.1 Å². The summed E-state index contributed by atoms with van der Waals surface area (Å²) in [4.78, 5) is 4.48. The third kappa shape index (κ3) is 3.87. The molecule has 0 saturated heterocycles. The predicted octanol–water partition coefficient (Wildman–Crippen LogP) is 5.10. The van der Waals surface area contributed by atoms with Crippen LogP contribution >= 0.6 is 11.6 Å². The van der Waals surface area contributed by atoms with Crippen molar-refractivity contribution < 1.29 is 13.5 Å². The van der Waals surface area contributed by atoms with E-state index in [4.69, 9.17) is 11.6 Å². The molecule has 6 heteroatoms. The number of nitrogens with zero attached hydrogens (tertiary/aromatic N) is 1. The summed E-state index contributed by atoms with van der Waals surface area (Å²) in [7, 11) is 0. The molecule has 1 heterocycles. The zero-order valence-electron chi connectivity index (χ0n) is 12.0. The lowest BCUT2D eigenvalue weighted by atomic mass is 10.2. The average molecular weight is 335 g/mol. The highest BCUT2D eigenvalue weighted by atomic mass is 35.5. The average Bonchev–Trinajstić information content (AvgIpc) is 2.54. The number of anilines is 1. The molecule has 0 unspecified atom stereocenters. The summed E-state index contributed by atoms with van der Waals surface area (Å²) >= 11 is 6.14. The molecule has 0 bridgehead atoms. The van der Waals surface area contributed by atoms with Crippen molar-refractivity contribution in [3.63, 3.8) is 0 Å². The van der Waals surface area contributed by atoms with E-state index in [1.807, 2.05) is 24.3 Å². The van der Waals surface area contributed by atoms with Crippen LogP contribution < -0.4 is 10.1 Å². The molecule has 0 fully saturated rings. The number of fused-ring (bicyclic) bond motifs is 1. The van der Waals surface area contributed by atoms with Crippen molar-refractivity contribution >= 4 is 28.3 Å². The van der Waals surface area contributed by atoms with Crippen molar-refractivity contribution in [1.82, 2.24) is 4.98 Å². The Morgan fingerprint density at radius 1 is 1.04 bits per heavy atom. The molecule has 3 rings (SSSR count). The van der Waals surface area contributed by atoms with Crippen LogP contribution in [0.1, 0.15) is 5.56 Å². The number of halogens is 3. The third-order valence-electron chi connectivity index (χ3n) is 3.29. The molecule has 0 amide bonds. The number of alkyl halides is 2. The van der Waals surface area contributed by atoms with Gasteiger partial charge in [0.25, 0.3) is 0 Å². The molecule has 0 radical (unpaired) electrons. The van der Waals surface area contributed by atoms with Crippen LogP contribution in [-0.4, -0.2) is 11.6 Å². The SMILES string of the molecule is FC(F)Oc1ccc(CNc2ccc3cccc(Cl)c3n2)cc1. The Balaban J connectivity index is 1.69. The third-order valence-corrected chi connectivity index (χ3v) is 3.60. The number of nitrogens with one attached hydrogen (secondary N) is 1. The number of aromatic nitrogens is 1. The van der Waals surface area contributed by atoms with Gasteiger partial charge in [0.15, 0.2) is 0 Å². The summed E-state index contributed by atoms with van der Waals surface area (Å²) in [6, 6.07) is 15.9. The smallest absolute Gasteiger partial charge is 0.387 e. The number of benzene rings is 2. The van der Waals surface area contributed by atoms with Gasteiger partial charge in [0.05, 0.1) is 10.5 Å². The minimum Gasteiger partial charge on any atom is -0.435 e. The van der Waals surface area contributed by atoms with Crippen molar-refractivity contribution in [2.24, 2.45) is 0 Å². The summed E-state index contributed by atoms with van der Waals surface area (Å²) in [6.07, 6.45) is 0. The standard InChI is InChI=1S/C17H13ClF2N2O/c18-14-3-1-2-12-6-9-15(22-16(12)14)21-10-11-4-7-13(8-5-11)23-17(19)20/h1-9,17H,10H2,(H,21,22). The fourth-order valence-electron chi connectivity index (χ4n) is 2.19. The van der Waals surface area contributed by atoms with Gasteiger partial charge in [-0.3, -0.25) is 0 Å². The van der Waals surface area contributed by atoms with Gasteiger partial charge in [-0.15, -0.1) is 0 Å². The van der Waals surface area contributed by atoms with E-state index in [-0.39, 0.29) is 5.75 Å². The van der Waals surface area contributed by atoms with Crippen molar-refractivity contribution in [3.8, 4) is 5.75 Å². The Labute approximate surface area is 136 Å². The normalized spacial score (nSPS) is 11.0. The zero-order chi connectivity index (χ0) is 16.2. The fourth-order valence-corrected chi connectivity index (χ4v) is 2.41. The Bertz CT molecular complexity index is 809. The topological polar surface area (TPSA) is 34.1 Å². The van der Waals surface area contributed by atoms with Crippen LogP contribution in [-0.2, 0) is 6.54 Å². The van der Waals surface area contributed by atoms with Gasteiger partial charge in [0, 0.05) is 11.9 Å². The number of para-hydroxylation sites is 1. The van der Waals surface area contributed by atoms with E-state index >= 15 is 0 Å². The highest BCUT2D eigenvalue weighted by Gasteiger charge is 2.05. The Morgan fingerprint density at radius 3 is 2.57 bits per heavy atom. The molecule has 0 atom stereocenters. The van der Waals surface area contributed by atoms with Crippen molar-refractivity contribution in [2.45, 2.75) is 13.2 Å². The van der Waals surface area contributed by atoms with Gasteiger partial charge in [-0.2, -0.15) is 8.78 Å². The Kier molecular flexibility index (Phi) is 4.57. The summed E-state index contributed by atoms with van der Waals surface area (Å²) < 4.78 is 28.5. The van der Waals surface area contributed by atoms with E-state index in [1.165, 1.54) is 12.1 Å². The summed E-state index contributed by atoms with van der Waals surface area (Å²) in [5, 5.41) is 4.75. The van der Waals surface area contributed by atoms with Crippen LogP contribution in [0.3, 0.4) is 0 Å². The molecule has 3 aromatic rings. The summed E-state index contributed by atoms with van der Waals surface area (Å²) in [5.41, 5.74) is 1.66. The number of pyridine rings is 1. The molecule has 0 spiro atoms. The highest BCUT2D eigenvalue weighted by Crippen LogP contribution is 2.23. The maximum absolute atomic E-state index is 12.1. The molecular weight excluding hydrogens is 322 g/mol. The van der Waals surface area contributed by atoms with E-state index in [1.54, 1.807) is 18.2 Å². The second-order valence-electron chi connectivity index (χ2n) is 4.88. The molecular formula is C17H13ClF2N2O. The molecule has 0 aliphatic rings. The lowest BCUT2D eigenvalue weighted by molar-refractivity contribution is -0.0498. The van der Waals surface area contributed by atoms with E-state index in [2.05, 4.69) is 15.0 Å². The molecule has 0 aliphatic carbocycles. The first-order valence-electron chi connectivity index (χ1n) is 6.95. The first kappa shape index (κ1) is 15.5. The van der Waals surface area contributed by atoms with Crippen molar-refractivity contribution in [2.75, 3.05) is 5.32 Å². The van der Waals surface area contributed by atoms with Gasteiger partial charge in [-0.05, 0) is 35.9 Å². The Hall–Kier alpha value is -2.40. The molecule has 3 nitrogen and oxygen atoms in total. The minimum atomic E-state index is -2.81. The van der Waals surface area contributed by atoms with Crippen LogP contribution in [0.2, 0.25) is 5.02 Å². The molecule has 1 N–H and O–H groups in total. The monoisotopic (exact) mass is 334 g/mol. The zero-order valence-corrected chi connectivity index (χ0v) is 12.7. The molecule has 118 valence electrons. The van der Waals surface area contributed by atoms with Crippen molar-refractivity contribution in [3.05, 3.63) is 65.2 Å². The van der Waals surface area contributed by atoms with E-state index < -0.39 is 6.61 Å². The first-order valence-corrected chi connectivity index (χ1v) is 7.32. The maximum atomic E-state index is 12.1. The molecule has 2 aromatic carbocycles. The van der Waals surface area contributed by atoms with E-state index in [0.717, 1.165) is 16.5 Å². The lowest BCUT2D eigenvalue weighted by Crippen LogP contribution is -2.03. The number of hydrogen-bond donors (Lipinski definition) is 1. The van der Waals surface area contributed by atoms with Crippen LogP contribution in [0.25, 0.3) is 10.9 Å². The molecule has 1 aromatic heterocycles. The number of hydrogen-bond acceptors (Lipinski definition) is 3. The number of ether oxygens (including phenoxy) is 1. The van der Waals surface area contributed by atoms with Crippen LogP contribution in [0, 0.1) is 0 Å². The van der Waals surface area contributed by atoms with Gasteiger partial charge in [0.2, 0.25) is 0 Å². The van der Waals surface area contributed by atoms with Crippen LogP contribution in [0.5, 0.6) is 5.75 Å². The van der Waals surface area contributed by atoms with E-state index in [9.17, 15) is 8.78 Å². The fraction of sp³-hybridized carbons (Fsp3) is 0.118. The molecule has 0 aliphatic heterocycles. The second kappa shape index (κ2) is 6.79. The quantitative estimate of drug-likeness (QED) is 0.704. The minimum absolute atomic E-state index is 0.138. The van der Waals surface area contributed by atoms with Crippen LogP contribution in [0.15, 0.2) is 54.6 Å². The van der Waals surface area contributed by atoms with Gasteiger partial charge in [0.1, 0.15) is 11.6 Å². The van der Waals surface area contributed by atoms with Crippen LogP contribution in [0.4, 0.5) is 14.6 Å². The summed E-state index contributed by atoms with van der Waals surface area (Å²) in [6.45, 7) is -2.30. The molecule has 23 heavy (non-hydrogen) atoms. The highest BCUT2D eigenvalue weighted by molar-refractivity contribution is 6.35. The van der Waals surface area contributed by atoms with Gasteiger partial charge in [-0.25, -0.2) is 4.98 Å². The van der Waals surface area contributed by atoms with Crippen molar-refractivity contribution in [1.29, 1.82) is 0 Å². The first-order chi connectivity index (χ1) is 11.1. The van der Waals surface area contributed by atoms with E-state index in [0.29, 0.717) is 17.4 Å². The maximum Gasteiger partial charge on any atom is 0.387 e. The lowest BCUT2D eigenvalue weighted by Gasteiger charge is -2.09. The predicted molar refractivity (Wildman–Crippen MR) is 87.2 cm³/mol. The van der Waals surface area contributed by atoms with Gasteiger partial charge >= 0.3 is 6.61 Å². The summed E-state index contributed by atoms with van der Waals surface area (Å²) in [5.74, 6) is 0.831. The molecule has 0 saturated carbocycles. The number of rotatable bonds is 5. The van der Waals surface area contributed by atoms with Gasteiger partial charge in [-0.1, -0.05) is 35.9 Å². The second-order valence-corrected chi connectivity index (χ2v) is 5.29.